The van der Waals surface area contributed by atoms with Crippen LogP contribution in [0.5, 0.6) is 0 Å². The maximum atomic E-state index is 10.9. The molecule has 0 aliphatic heterocycles. The van der Waals surface area contributed by atoms with Crippen LogP contribution < -0.4 is 0 Å². The van der Waals surface area contributed by atoms with Crippen molar-refractivity contribution in [3.8, 4) is 0 Å². The van der Waals surface area contributed by atoms with E-state index in [1.165, 1.54) is 57.4 Å². The van der Waals surface area contributed by atoms with Crippen molar-refractivity contribution >= 4 is 142 Å². The average Bonchev–Trinajstić information content (AvgIpc) is 2.39. The Balaban J connectivity index is -0.0000000516. The summed E-state index contributed by atoms with van der Waals surface area (Å²) in [5.74, 6) is 0.00882. The molecule has 0 aromatic rings. The Hall–Kier alpha value is 2.73. The molecule has 0 aliphatic rings. The summed E-state index contributed by atoms with van der Waals surface area (Å²) in [6.07, 6.45) is 19.6. The Morgan fingerprint density at radius 1 is 0.577 bits per heavy atom. The van der Waals surface area contributed by atoms with Gasteiger partial charge in [-0.05, 0) is 37.8 Å². The van der Waals surface area contributed by atoms with Crippen LogP contribution in [0.15, 0.2) is 37.5 Å². The lowest BCUT2D eigenvalue weighted by atomic mass is 10.1. The Morgan fingerprint density at radius 2 is 0.923 bits per heavy atom. The lowest BCUT2D eigenvalue weighted by Gasteiger charge is -2.00. The van der Waals surface area contributed by atoms with Crippen molar-refractivity contribution in [1.29, 1.82) is 0 Å². The molecule has 0 heterocycles. The molecule has 0 amide bonds. The van der Waals surface area contributed by atoms with E-state index in [2.05, 4.69) is 13.2 Å². The molecule has 0 spiro atoms. The monoisotopic (exact) mass is 888 g/mol. The standard InChI is InChI=1S/C17H28O.8BrH/c1-3-5-6-7-8-9-10-11-12-13-14-15-16-17(18)4-2;;;;;;;;/h3-4,15-16H,1-2,5-14H2;8*1H. The summed E-state index contributed by atoms with van der Waals surface area (Å²) < 4.78 is 0. The first-order valence-electron chi connectivity index (χ1n) is 7.25. The second kappa shape index (κ2) is 50.9. The van der Waals surface area contributed by atoms with Crippen molar-refractivity contribution in [2.75, 3.05) is 0 Å². The smallest absolute Gasteiger partial charge is 0.177 e. The summed E-state index contributed by atoms with van der Waals surface area (Å²) in [5.41, 5.74) is 0. The molecule has 0 rings (SSSR count). The Labute approximate surface area is 245 Å². The van der Waals surface area contributed by atoms with E-state index in [1.807, 2.05) is 12.2 Å². The van der Waals surface area contributed by atoms with Crippen molar-refractivity contribution in [3.05, 3.63) is 37.5 Å². The van der Waals surface area contributed by atoms with E-state index < -0.39 is 0 Å². The van der Waals surface area contributed by atoms with Gasteiger partial charge in [-0.3, -0.25) is 4.79 Å². The minimum absolute atomic E-state index is 0. The van der Waals surface area contributed by atoms with Crippen LogP contribution in [0, 0.1) is 0 Å². The van der Waals surface area contributed by atoms with E-state index in [0.29, 0.717) is 0 Å². The second-order valence-electron chi connectivity index (χ2n) is 4.70. The van der Waals surface area contributed by atoms with Crippen LogP contribution in [0.25, 0.3) is 0 Å². The molecule has 0 aromatic carbocycles. The summed E-state index contributed by atoms with van der Waals surface area (Å²) in [7, 11) is 0. The summed E-state index contributed by atoms with van der Waals surface area (Å²) in [6.45, 7) is 7.16. The van der Waals surface area contributed by atoms with E-state index in [4.69, 9.17) is 0 Å². The van der Waals surface area contributed by atoms with Crippen LogP contribution >= 0.6 is 136 Å². The maximum absolute atomic E-state index is 10.9. The second-order valence-corrected chi connectivity index (χ2v) is 4.70. The van der Waals surface area contributed by atoms with Gasteiger partial charge < -0.3 is 0 Å². The molecule has 166 valence electrons. The average molecular weight is 896 g/mol. The van der Waals surface area contributed by atoms with Gasteiger partial charge in [0, 0.05) is 0 Å². The van der Waals surface area contributed by atoms with E-state index in [0.717, 1.165) is 12.8 Å². The van der Waals surface area contributed by atoms with Crippen molar-refractivity contribution in [2.45, 2.75) is 64.2 Å². The highest BCUT2D eigenvalue weighted by molar-refractivity contribution is 8.93. The van der Waals surface area contributed by atoms with Gasteiger partial charge in [-0.2, -0.15) is 0 Å². The van der Waals surface area contributed by atoms with Crippen molar-refractivity contribution in [3.63, 3.8) is 0 Å². The summed E-state index contributed by atoms with van der Waals surface area (Å²) in [5, 5.41) is 0. The first kappa shape index (κ1) is 56.8. The van der Waals surface area contributed by atoms with Crippen LogP contribution in [-0.4, -0.2) is 5.78 Å². The Kier molecular flexibility index (Phi) is 111. The van der Waals surface area contributed by atoms with Crippen LogP contribution in [0.1, 0.15) is 64.2 Å². The first-order valence-corrected chi connectivity index (χ1v) is 7.25. The first-order chi connectivity index (χ1) is 8.81. The third-order valence-electron chi connectivity index (χ3n) is 3.01. The predicted molar refractivity (Wildman–Crippen MR) is 163 cm³/mol. The van der Waals surface area contributed by atoms with Gasteiger partial charge in [0.1, 0.15) is 0 Å². The molecular formula is C17H36Br8O. The van der Waals surface area contributed by atoms with Gasteiger partial charge in [0.15, 0.2) is 5.78 Å². The lowest BCUT2D eigenvalue weighted by Crippen LogP contribution is -1.83. The fourth-order valence-corrected chi connectivity index (χ4v) is 1.88. The highest BCUT2D eigenvalue weighted by Crippen LogP contribution is 2.10. The van der Waals surface area contributed by atoms with Gasteiger partial charge >= 0.3 is 0 Å². The van der Waals surface area contributed by atoms with Gasteiger partial charge in [0.05, 0.1) is 0 Å². The zero-order valence-corrected chi connectivity index (χ0v) is 28.7. The molecule has 0 atom stereocenters. The Bertz CT molecular complexity index is 273. The molecule has 0 saturated carbocycles. The van der Waals surface area contributed by atoms with Crippen LogP contribution in [0.2, 0.25) is 0 Å². The molecule has 0 fully saturated rings. The maximum Gasteiger partial charge on any atom is 0.177 e. The lowest BCUT2D eigenvalue weighted by molar-refractivity contribution is -0.110. The van der Waals surface area contributed by atoms with Crippen molar-refractivity contribution < 1.29 is 4.79 Å². The predicted octanol–water partition coefficient (Wildman–Crippen LogP) is 10.0. The highest BCUT2D eigenvalue weighted by Gasteiger charge is 1.91. The molecular weight excluding hydrogens is 859 g/mol. The van der Waals surface area contributed by atoms with Crippen LogP contribution in [0.3, 0.4) is 0 Å². The number of hydrogen-bond donors (Lipinski definition) is 0. The molecule has 0 aliphatic carbocycles. The van der Waals surface area contributed by atoms with Crippen LogP contribution in [-0.2, 0) is 4.79 Å². The van der Waals surface area contributed by atoms with Gasteiger partial charge in [-0.25, -0.2) is 0 Å². The molecule has 26 heavy (non-hydrogen) atoms. The number of halogens is 8. The topological polar surface area (TPSA) is 17.1 Å². The van der Waals surface area contributed by atoms with Gasteiger partial charge in [-0.15, -0.1) is 142 Å². The van der Waals surface area contributed by atoms with E-state index in [-0.39, 0.29) is 142 Å². The minimum Gasteiger partial charge on any atom is -0.290 e. The van der Waals surface area contributed by atoms with E-state index in [9.17, 15) is 4.79 Å². The highest BCUT2D eigenvalue weighted by atomic mass is 79.9. The molecule has 0 aromatic heterocycles. The number of unbranched alkanes of at least 4 members (excludes halogenated alkanes) is 9. The zero-order valence-electron chi connectivity index (χ0n) is 15.0. The molecule has 0 saturated heterocycles. The number of carbonyl (C=O) groups excluding carboxylic acids is 1. The Morgan fingerprint density at radius 3 is 1.27 bits per heavy atom. The third kappa shape index (κ3) is 50.4. The fraction of sp³-hybridized carbons (Fsp3) is 0.588. The quantitative estimate of drug-likeness (QED) is 0.102. The fourth-order valence-electron chi connectivity index (χ4n) is 1.88. The summed E-state index contributed by atoms with van der Waals surface area (Å²) in [4.78, 5) is 10.9. The largest absolute Gasteiger partial charge is 0.290 e. The number of rotatable bonds is 13. The van der Waals surface area contributed by atoms with Gasteiger partial charge in [-0.1, -0.05) is 57.3 Å². The van der Waals surface area contributed by atoms with Crippen molar-refractivity contribution in [2.24, 2.45) is 0 Å². The molecule has 0 unspecified atom stereocenters. The van der Waals surface area contributed by atoms with E-state index in [1.54, 1.807) is 6.08 Å². The number of carbonyl (C=O) groups is 1. The van der Waals surface area contributed by atoms with Gasteiger partial charge in [0.25, 0.3) is 0 Å². The van der Waals surface area contributed by atoms with Crippen LogP contribution in [0.4, 0.5) is 0 Å². The number of hydrogen-bond acceptors (Lipinski definition) is 1. The molecule has 0 radical (unpaired) electrons. The molecule has 1 nitrogen and oxygen atoms in total. The van der Waals surface area contributed by atoms with Gasteiger partial charge in [0.2, 0.25) is 0 Å². The number of ketones is 1. The summed E-state index contributed by atoms with van der Waals surface area (Å²) in [6, 6.07) is 0. The van der Waals surface area contributed by atoms with E-state index >= 15 is 0 Å². The molecule has 0 bridgehead atoms. The minimum atomic E-state index is 0. The molecule has 9 heteroatoms. The number of allylic oxidation sites excluding steroid dienone is 4. The SMILES string of the molecule is Br.Br.Br.Br.Br.Br.Br.Br.C=CCCCCCCCCCCC=CC(=O)C=C. The third-order valence-corrected chi connectivity index (χ3v) is 3.01. The zero-order chi connectivity index (χ0) is 13.5. The normalized spacial score (nSPS) is 7.38. The summed E-state index contributed by atoms with van der Waals surface area (Å²) >= 11 is 0. The molecule has 0 N–H and O–H groups in total. The van der Waals surface area contributed by atoms with Crippen molar-refractivity contribution in [1.82, 2.24) is 0 Å².